The van der Waals surface area contributed by atoms with Crippen LogP contribution in [0.15, 0.2) is 59.2 Å². The summed E-state index contributed by atoms with van der Waals surface area (Å²) in [7, 11) is 0. The highest BCUT2D eigenvalue weighted by Gasteiger charge is 2.20. The van der Waals surface area contributed by atoms with Crippen LogP contribution in [0.25, 0.3) is 11.3 Å². The van der Waals surface area contributed by atoms with E-state index >= 15 is 0 Å². The molecule has 1 saturated heterocycles. The van der Waals surface area contributed by atoms with E-state index in [2.05, 4.69) is 47.2 Å². The van der Waals surface area contributed by atoms with Gasteiger partial charge in [0.05, 0.1) is 17.6 Å². The lowest BCUT2D eigenvalue weighted by Crippen LogP contribution is -2.46. The highest BCUT2D eigenvalue weighted by Crippen LogP contribution is 2.22. The average Bonchev–Trinajstić information content (AvgIpc) is 2.85. The molecule has 0 radical (unpaired) electrons. The minimum atomic E-state index is -0.331. The Hall–Kier alpha value is -3.50. The minimum absolute atomic E-state index is 0.0446. The second-order valence-electron chi connectivity index (χ2n) is 7.99. The van der Waals surface area contributed by atoms with Crippen LogP contribution in [0, 0.1) is 0 Å². The van der Waals surface area contributed by atoms with Crippen LogP contribution in [0.1, 0.15) is 28.9 Å². The van der Waals surface area contributed by atoms with Gasteiger partial charge in [0.15, 0.2) is 11.5 Å². The number of hydrogen-bond acceptors (Lipinski definition) is 6. The predicted molar refractivity (Wildman–Crippen MR) is 135 cm³/mol. The van der Waals surface area contributed by atoms with Gasteiger partial charge in [-0.15, -0.1) is 0 Å². The molecule has 1 atom stereocenters. The molecule has 3 aromatic rings. The molecule has 1 aliphatic heterocycles. The van der Waals surface area contributed by atoms with E-state index in [0.717, 1.165) is 41.5 Å². The van der Waals surface area contributed by atoms with Gasteiger partial charge in [-0.2, -0.15) is 0 Å². The summed E-state index contributed by atoms with van der Waals surface area (Å²) >= 11 is 3.41. The second-order valence-corrected chi connectivity index (χ2v) is 8.85. The molecule has 2 heterocycles. The molecule has 34 heavy (non-hydrogen) atoms. The molecule has 2 aromatic carbocycles. The second kappa shape index (κ2) is 11.1. The number of piperidine rings is 1. The first kappa shape index (κ1) is 23.7. The highest BCUT2D eigenvalue weighted by molar-refractivity contribution is 9.10. The molecule has 3 amide bonds. The fourth-order valence-corrected chi connectivity index (χ4v) is 4.07. The Kier molecular flexibility index (Phi) is 7.71. The van der Waals surface area contributed by atoms with Crippen molar-refractivity contribution in [2.45, 2.75) is 25.4 Å². The monoisotopic (exact) mass is 523 g/mol. The Morgan fingerprint density at radius 2 is 2.03 bits per heavy atom. The number of carbonyl (C=O) groups is 2. The Morgan fingerprint density at radius 3 is 2.82 bits per heavy atom. The Labute approximate surface area is 206 Å². The lowest BCUT2D eigenvalue weighted by Gasteiger charge is -2.23. The van der Waals surface area contributed by atoms with Gasteiger partial charge in [0.25, 0.3) is 5.91 Å². The summed E-state index contributed by atoms with van der Waals surface area (Å²) in [5, 5.41) is 11.9. The molecule has 176 valence electrons. The van der Waals surface area contributed by atoms with Crippen molar-refractivity contribution in [2.24, 2.45) is 0 Å². The third kappa shape index (κ3) is 6.09. The van der Waals surface area contributed by atoms with Gasteiger partial charge in [-0.25, -0.2) is 14.8 Å². The SMILES string of the molecule is Nc1ncc(-c2cccc(CNC(=O)Nc3ccccc3Br)c2)nc1C(=O)NC1CCCNC1. The molecule has 6 N–H and O–H groups in total. The number of urea groups is 1. The molecule has 0 bridgehead atoms. The predicted octanol–water partition coefficient (Wildman–Crippen LogP) is 3.29. The summed E-state index contributed by atoms with van der Waals surface area (Å²) < 4.78 is 0.800. The first-order chi connectivity index (χ1) is 16.5. The number of nitrogens with zero attached hydrogens (tertiary/aromatic N) is 2. The number of halogens is 1. The van der Waals surface area contributed by atoms with Crippen LogP contribution in [0.5, 0.6) is 0 Å². The fraction of sp³-hybridized carbons (Fsp3) is 0.250. The molecule has 9 nitrogen and oxygen atoms in total. The van der Waals surface area contributed by atoms with Crippen LogP contribution in [-0.4, -0.2) is 41.0 Å². The largest absolute Gasteiger partial charge is 0.382 e. The molecule has 0 spiro atoms. The average molecular weight is 524 g/mol. The van der Waals surface area contributed by atoms with Crippen LogP contribution in [0.4, 0.5) is 16.3 Å². The van der Waals surface area contributed by atoms with Crippen LogP contribution in [0.2, 0.25) is 0 Å². The molecule has 0 aliphatic carbocycles. The fourth-order valence-electron chi connectivity index (χ4n) is 3.69. The van der Waals surface area contributed by atoms with Gasteiger partial charge in [-0.05, 0) is 59.1 Å². The molecule has 10 heteroatoms. The molecular formula is C24H26BrN7O2. The maximum Gasteiger partial charge on any atom is 0.319 e. The van der Waals surface area contributed by atoms with E-state index in [4.69, 9.17) is 5.73 Å². The van der Waals surface area contributed by atoms with Crippen molar-refractivity contribution in [1.82, 2.24) is 25.9 Å². The Balaban J connectivity index is 1.42. The number of amides is 3. The molecule has 0 saturated carbocycles. The van der Waals surface area contributed by atoms with Gasteiger partial charge in [-0.3, -0.25) is 4.79 Å². The number of nitrogens with one attached hydrogen (secondary N) is 4. The smallest absolute Gasteiger partial charge is 0.319 e. The first-order valence-corrected chi connectivity index (χ1v) is 11.8. The van der Waals surface area contributed by atoms with Crippen molar-refractivity contribution in [3.8, 4) is 11.3 Å². The summed E-state index contributed by atoms with van der Waals surface area (Å²) in [6.07, 6.45) is 3.46. The van der Waals surface area contributed by atoms with Crippen LogP contribution in [-0.2, 0) is 6.54 Å². The minimum Gasteiger partial charge on any atom is -0.382 e. The molecule has 1 fully saturated rings. The van der Waals surface area contributed by atoms with E-state index in [9.17, 15) is 9.59 Å². The molecule has 1 aliphatic rings. The maximum atomic E-state index is 12.8. The Morgan fingerprint density at radius 1 is 1.18 bits per heavy atom. The quantitative estimate of drug-likeness (QED) is 0.336. The molecule has 1 aromatic heterocycles. The number of carbonyl (C=O) groups excluding carboxylic acids is 2. The number of benzene rings is 2. The molecule has 1 unspecified atom stereocenters. The number of nitrogen functional groups attached to an aromatic ring is 1. The third-order valence-electron chi connectivity index (χ3n) is 5.45. The normalized spacial score (nSPS) is 15.4. The third-order valence-corrected chi connectivity index (χ3v) is 6.14. The van der Waals surface area contributed by atoms with E-state index in [1.54, 1.807) is 6.20 Å². The van der Waals surface area contributed by atoms with Crippen LogP contribution in [0.3, 0.4) is 0 Å². The zero-order valence-electron chi connectivity index (χ0n) is 18.5. The van der Waals surface area contributed by atoms with Gasteiger partial charge in [0, 0.05) is 29.2 Å². The summed E-state index contributed by atoms with van der Waals surface area (Å²) in [6.45, 7) is 2.00. The van der Waals surface area contributed by atoms with Crippen molar-refractivity contribution in [3.63, 3.8) is 0 Å². The number of hydrogen-bond donors (Lipinski definition) is 5. The highest BCUT2D eigenvalue weighted by atomic mass is 79.9. The Bertz CT molecular complexity index is 1180. The first-order valence-electron chi connectivity index (χ1n) is 11.0. The van der Waals surface area contributed by atoms with Gasteiger partial charge in [0.1, 0.15) is 0 Å². The summed E-state index contributed by atoms with van der Waals surface area (Å²) in [5.41, 5.74) is 8.91. The van der Waals surface area contributed by atoms with Gasteiger partial charge in [-0.1, -0.05) is 30.3 Å². The summed E-state index contributed by atoms with van der Waals surface area (Å²) in [4.78, 5) is 33.7. The zero-order valence-corrected chi connectivity index (χ0v) is 20.1. The number of para-hydroxylation sites is 1. The summed E-state index contributed by atoms with van der Waals surface area (Å²) in [6, 6.07) is 14.6. The van der Waals surface area contributed by atoms with Crippen molar-refractivity contribution >= 4 is 39.4 Å². The van der Waals surface area contributed by atoms with Crippen molar-refractivity contribution in [1.29, 1.82) is 0 Å². The lowest BCUT2D eigenvalue weighted by atomic mass is 10.1. The number of aromatic nitrogens is 2. The van der Waals surface area contributed by atoms with Crippen molar-refractivity contribution in [2.75, 3.05) is 24.1 Å². The van der Waals surface area contributed by atoms with Crippen molar-refractivity contribution < 1.29 is 9.59 Å². The zero-order chi connectivity index (χ0) is 23.9. The van der Waals surface area contributed by atoms with E-state index in [1.807, 2.05) is 48.5 Å². The van der Waals surface area contributed by atoms with Gasteiger partial charge in [0.2, 0.25) is 0 Å². The van der Waals surface area contributed by atoms with Gasteiger partial charge < -0.3 is 27.0 Å². The standard InChI is InChI=1S/C24H26BrN7O2/c25-18-8-1-2-9-19(18)32-24(34)29-12-15-5-3-6-16(11-15)20-14-28-22(26)21(31-20)23(33)30-17-7-4-10-27-13-17/h1-3,5-6,8-9,11,14,17,27H,4,7,10,12-13H2,(H2,26,28)(H,30,33)(H2,29,32,34). The molecule has 4 rings (SSSR count). The van der Waals surface area contributed by atoms with E-state index in [1.165, 1.54) is 0 Å². The number of rotatable bonds is 6. The van der Waals surface area contributed by atoms with Crippen LogP contribution >= 0.6 is 15.9 Å². The van der Waals surface area contributed by atoms with Crippen molar-refractivity contribution in [3.05, 3.63) is 70.5 Å². The number of nitrogens with two attached hydrogens (primary N) is 1. The molecular weight excluding hydrogens is 498 g/mol. The topological polar surface area (TPSA) is 134 Å². The van der Waals surface area contributed by atoms with E-state index in [-0.39, 0.29) is 29.5 Å². The van der Waals surface area contributed by atoms with E-state index < -0.39 is 0 Å². The van der Waals surface area contributed by atoms with Gasteiger partial charge >= 0.3 is 6.03 Å². The lowest BCUT2D eigenvalue weighted by molar-refractivity contribution is 0.0926. The maximum absolute atomic E-state index is 12.8. The van der Waals surface area contributed by atoms with E-state index in [0.29, 0.717) is 17.9 Å². The van der Waals surface area contributed by atoms with Crippen LogP contribution < -0.4 is 27.0 Å². The number of anilines is 2. The summed E-state index contributed by atoms with van der Waals surface area (Å²) in [5.74, 6) is -0.242.